The van der Waals surface area contributed by atoms with Crippen LogP contribution < -0.4 is 11.1 Å². The maximum Gasteiger partial charge on any atom is 0.490 e. The SMILES string of the molecule is CC(C)(C)OC(=O)NCC(N)c1ccccc1.O=C(O)C(F)(F)F. The summed E-state index contributed by atoms with van der Waals surface area (Å²) in [6.07, 6.45) is -5.52. The summed E-state index contributed by atoms with van der Waals surface area (Å²) in [6, 6.07) is 9.41. The fraction of sp³-hybridized carbons (Fsp3) is 0.467. The van der Waals surface area contributed by atoms with Crippen LogP contribution >= 0.6 is 0 Å². The Labute approximate surface area is 137 Å². The van der Waals surface area contributed by atoms with Crippen LogP contribution in [0.15, 0.2) is 30.3 Å². The van der Waals surface area contributed by atoms with Crippen molar-refractivity contribution < 1.29 is 32.6 Å². The number of carbonyl (C=O) groups excluding carboxylic acids is 1. The van der Waals surface area contributed by atoms with E-state index in [-0.39, 0.29) is 6.04 Å². The molecule has 0 bridgehead atoms. The molecule has 1 amide bonds. The highest BCUT2D eigenvalue weighted by molar-refractivity contribution is 5.73. The number of nitrogens with one attached hydrogen (secondary N) is 1. The van der Waals surface area contributed by atoms with E-state index in [1.165, 1.54) is 0 Å². The number of carboxylic acids is 1. The Balaban J connectivity index is 0.000000640. The number of amides is 1. The molecule has 0 aliphatic carbocycles. The largest absolute Gasteiger partial charge is 0.490 e. The first-order valence-corrected chi connectivity index (χ1v) is 6.90. The molecule has 0 aromatic heterocycles. The van der Waals surface area contributed by atoms with Gasteiger partial charge in [0.2, 0.25) is 0 Å². The minimum Gasteiger partial charge on any atom is -0.475 e. The van der Waals surface area contributed by atoms with Crippen molar-refractivity contribution in [2.45, 2.75) is 38.6 Å². The maximum atomic E-state index is 11.4. The van der Waals surface area contributed by atoms with Gasteiger partial charge in [0, 0.05) is 12.6 Å². The Morgan fingerprint density at radius 1 is 1.21 bits per heavy atom. The molecule has 0 saturated heterocycles. The summed E-state index contributed by atoms with van der Waals surface area (Å²) in [4.78, 5) is 20.3. The van der Waals surface area contributed by atoms with E-state index in [4.69, 9.17) is 20.4 Å². The van der Waals surface area contributed by atoms with E-state index in [0.717, 1.165) is 5.56 Å². The summed E-state index contributed by atoms with van der Waals surface area (Å²) in [5.41, 5.74) is 6.44. The van der Waals surface area contributed by atoms with Gasteiger partial charge >= 0.3 is 18.2 Å². The highest BCUT2D eigenvalue weighted by Crippen LogP contribution is 2.13. The quantitative estimate of drug-likeness (QED) is 0.778. The molecule has 24 heavy (non-hydrogen) atoms. The molecule has 0 spiro atoms. The van der Waals surface area contributed by atoms with E-state index in [0.29, 0.717) is 6.54 Å². The molecule has 1 unspecified atom stereocenters. The van der Waals surface area contributed by atoms with Crippen LogP contribution in [0.2, 0.25) is 0 Å². The zero-order valence-electron chi connectivity index (χ0n) is 13.6. The molecule has 9 heteroatoms. The smallest absolute Gasteiger partial charge is 0.475 e. The number of nitrogens with two attached hydrogens (primary N) is 1. The van der Waals surface area contributed by atoms with E-state index in [2.05, 4.69) is 5.32 Å². The van der Waals surface area contributed by atoms with Gasteiger partial charge in [0.25, 0.3) is 0 Å². The number of aliphatic carboxylic acids is 1. The number of rotatable bonds is 3. The Hall–Kier alpha value is -2.29. The van der Waals surface area contributed by atoms with Gasteiger partial charge in [-0.05, 0) is 26.3 Å². The van der Waals surface area contributed by atoms with Gasteiger partial charge in [0.1, 0.15) is 5.60 Å². The van der Waals surface area contributed by atoms with Crippen molar-refractivity contribution in [2.75, 3.05) is 6.54 Å². The van der Waals surface area contributed by atoms with E-state index >= 15 is 0 Å². The first-order chi connectivity index (χ1) is 10.8. The summed E-state index contributed by atoms with van der Waals surface area (Å²) in [5, 5.41) is 9.78. The highest BCUT2D eigenvalue weighted by Gasteiger charge is 2.38. The summed E-state index contributed by atoms with van der Waals surface area (Å²) >= 11 is 0. The Bertz CT molecular complexity index is 528. The van der Waals surface area contributed by atoms with Crippen molar-refractivity contribution in [3.05, 3.63) is 35.9 Å². The van der Waals surface area contributed by atoms with Gasteiger partial charge in [0.15, 0.2) is 0 Å². The number of carbonyl (C=O) groups is 2. The number of benzene rings is 1. The van der Waals surface area contributed by atoms with Crippen LogP contribution in [-0.2, 0) is 9.53 Å². The maximum absolute atomic E-state index is 11.4. The second-order valence-corrected chi connectivity index (χ2v) is 5.70. The van der Waals surface area contributed by atoms with Crippen LogP contribution in [0.1, 0.15) is 32.4 Å². The van der Waals surface area contributed by atoms with Crippen molar-refractivity contribution in [3.8, 4) is 0 Å². The van der Waals surface area contributed by atoms with Crippen LogP contribution in [0.25, 0.3) is 0 Å². The molecule has 136 valence electrons. The first-order valence-electron chi connectivity index (χ1n) is 6.90. The molecular formula is C15H21F3N2O4. The highest BCUT2D eigenvalue weighted by atomic mass is 19.4. The lowest BCUT2D eigenvalue weighted by Gasteiger charge is -2.20. The van der Waals surface area contributed by atoms with Crippen LogP contribution in [0, 0.1) is 0 Å². The van der Waals surface area contributed by atoms with Crippen molar-refractivity contribution >= 4 is 12.1 Å². The number of carboxylic acid groups (broad SMARTS) is 1. The van der Waals surface area contributed by atoms with Gasteiger partial charge < -0.3 is 20.9 Å². The second kappa shape index (κ2) is 9.11. The van der Waals surface area contributed by atoms with E-state index in [9.17, 15) is 18.0 Å². The normalized spacial score (nSPS) is 12.5. The fourth-order valence-electron chi connectivity index (χ4n) is 1.33. The summed E-state index contributed by atoms with van der Waals surface area (Å²) in [7, 11) is 0. The van der Waals surface area contributed by atoms with E-state index < -0.39 is 23.8 Å². The van der Waals surface area contributed by atoms with Crippen LogP contribution in [0.4, 0.5) is 18.0 Å². The average molecular weight is 350 g/mol. The minimum absolute atomic E-state index is 0.219. The topological polar surface area (TPSA) is 102 Å². The Morgan fingerprint density at radius 2 is 1.67 bits per heavy atom. The number of hydrogen-bond donors (Lipinski definition) is 3. The number of alkyl halides is 3. The summed E-state index contributed by atoms with van der Waals surface area (Å²) in [5.74, 6) is -2.76. The first kappa shape index (κ1) is 21.7. The number of hydrogen-bond acceptors (Lipinski definition) is 4. The molecule has 1 rings (SSSR count). The molecule has 1 aromatic carbocycles. The summed E-state index contributed by atoms with van der Waals surface area (Å²) in [6.45, 7) is 5.83. The van der Waals surface area contributed by atoms with E-state index in [1.807, 2.05) is 51.1 Å². The predicted octanol–water partition coefficient (Wildman–Crippen LogP) is 2.84. The lowest BCUT2D eigenvalue weighted by molar-refractivity contribution is -0.192. The average Bonchev–Trinajstić information content (AvgIpc) is 2.43. The third-order valence-corrected chi connectivity index (χ3v) is 2.34. The molecule has 0 heterocycles. The number of alkyl carbamates (subject to hydrolysis) is 1. The molecule has 0 fully saturated rings. The van der Waals surface area contributed by atoms with Gasteiger partial charge in [-0.1, -0.05) is 30.3 Å². The second-order valence-electron chi connectivity index (χ2n) is 5.70. The lowest BCUT2D eigenvalue weighted by Crippen LogP contribution is -2.36. The molecule has 6 nitrogen and oxygen atoms in total. The Morgan fingerprint density at radius 3 is 2.04 bits per heavy atom. The number of halogens is 3. The molecule has 4 N–H and O–H groups in total. The molecule has 0 saturated carbocycles. The third-order valence-electron chi connectivity index (χ3n) is 2.34. The zero-order chi connectivity index (χ0) is 19.0. The van der Waals surface area contributed by atoms with Crippen molar-refractivity contribution in [1.29, 1.82) is 0 Å². The van der Waals surface area contributed by atoms with Gasteiger partial charge in [-0.25, -0.2) is 9.59 Å². The molecule has 1 aromatic rings. The molecule has 0 aliphatic rings. The molecular weight excluding hydrogens is 329 g/mol. The van der Waals surface area contributed by atoms with Crippen molar-refractivity contribution in [1.82, 2.24) is 5.32 Å². The monoisotopic (exact) mass is 350 g/mol. The third kappa shape index (κ3) is 10.4. The Kier molecular flexibility index (Phi) is 8.25. The van der Waals surface area contributed by atoms with Gasteiger partial charge in [0.05, 0.1) is 0 Å². The van der Waals surface area contributed by atoms with Crippen LogP contribution in [0.3, 0.4) is 0 Å². The van der Waals surface area contributed by atoms with Crippen LogP contribution in [0.5, 0.6) is 0 Å². The minimum atomic E-state index is -5.08. The van der Waals surface area contributed by atoms with Gasteiger partial charge in [-0.3, -0.25) is 0 Å². The molecule has 0 aliphatic heterocycles. The lowest BCUT2D eigenvalue weighted by atomic mass is 10.1. The fourth-order valence-corrected chi connectivity index (χ4v) is 1.33. The van der Waals surface area contributed by atoms with E-state index in [1.54, 1.807) is 0 Å². The zero-order valence-corrected chi connectivity index (χ0v) is 13.6. The summed E-state index contributed by atoms with van der Waals surface area (Å²) < 4.78 is 36.9. The molecule has 0 radical (unpaired) electrons. The molecule has 1 atom stereocenters. The van der Waals surface area contributed by atoms with Crippen LogP contribution in [-0.4, -0.2) is 35.5 Å². The van der Waals surface area contributed by atoms with Gasteiger partial charge in [-0.15, -0.1) is 0 Å². The standard InChI is InChI=1S/C13H20N2O2.C2HF3O2/c1-13(2,3)17-12(16)15-9-11(14)10-7-5-4-6-8-10;3-2(4,5)1(6)7/h4-8,11H,9,14H2,1-3H3,(H,15,16);(H,6,7). The van der Waals surface area contributed by atoms with Crippen molar-refractivity contribution in [3.63, 3.8) is 0 Å². The predicted molar refractivity (Wildman–Crippen MR) is 81.3 cm³/mol. The van der Waals surface area contributed by atoms with Crippen molar-refractivity contribution in [2.24, 2.45) is 5.73 Å². The van der Waals surface area contributed by atoms with Gasteiger partial charge in [-0.2, -0.15) is 13.2 Å². The number of ether oxygens (including phenoxy) is 1.